The van der Waals surface area contributed by atoms with Crippen LogP contribution in [-0.4, -0.2) is 47.3 Å². The predicted octanol–water partition coefficient (Wildman–Crippen LogP) is 1.38. The molecule has 1 aromatic heterocycles. The normalized spacial score (nSPS) is 23.9. The third-order valence-corrected chi connectivity index (χ3v) is 5.08. The summed E-state index contributed by atoms with van der Waals surface area (Å²) in [5, 5.41) is 5.23. The molecule has 7 nitrogen and oxygen atoms in total. The fourth-order valence-corrected chi connectivity index (χ4v) is 3.51. The Labute approximate surface area is 138 Å². The Kier molecular flexibility index (Phi) is 4.63. The number of hydrogen-bond acceptors (Lipinski definition) is 7. The molecule has 122 valence electrons. The molecule has 23 heavy (non-hydrogen) atoms. The van der Waals surface area contributed by atoms with E-state index in [0.717, 1.165) is 37.7 Å². The van der Waals surface area contributed by atoms with Crippen LogP contribution in [-0.2, 0) is 4.79 Å². The monoisotopic (exact) mass is 333 g/mol. The van der Waals surface area contributed by atoms with E-state index in [1.54, 1.807) is 19.2 Å². The summed E-state index contributed by atoms with van der Waals surface area (Å²) in [6.07, 6.45) is 3.94. The smallest absolute Gasteiger partial charge is 0.290 e. The van der Waals surface area contributed by atoms with Gasteiger partial charge in [-0.15, -0.1) is 0 Å². The van der Waals surface area contributed by atoms with Crippen molar-refractivity contribution in [2.45, 2.75) is 25.8 Å². The highest BCUT2D eigenvalue weighted by molar-refractivity contribution is 8.18. The van der Waals surface area contributed by atoms with Gasteiger partial charge in [-0.3, -0.25) is 14.9 Å². The van der Waals surface area contributed by atoms with Crippen molar-refractivity contribution in [2.75, 3.05) is 25.0 Å². The van der Waals surface area contributed by atoms with Crippen molar-refractivity contribution in [1.82, 2.24) is 20.6 Å². The van der Waals surface area contributed by atoms with Gasteiger partial charge in [-0.25, -0.2) is 9.97 Å². The number of amides is 2. The topological polar surface area (TPSA) is 87.2 Å². The van der Waals surface area contributed by atoms with Crippen molar-refractivity contribution in [3.63, 3.8) is 0 Å². The molecule has 0 radical (unpaired) electrons. The Morgan fingerprint density at radius 2 is 2.30 bits per heavy atom. The second-order valence-corrected chi connectivity index (χ2v) is 6.60. The second-order valence-electron chi connectivity index (χ2n) is 5.61. The molecule has 2 amide bonds. The number of piperidine rings is 1. The molecule has 8 heteroatoms. The number of allylic oxidation sites excluding steroid dienone is 1. The van der Waals surface area contributed by atoms with E-state index in [4.69, 9.17) is 0 Å². The molecule has 0 aromatic carbocycles. The van der Waals surface area contributed by atoms with E-state index in [1.165, 1.54) is 0 Å². The van der Waals surface area contributed by atoms with Crippen molar-refractivity contribution in [3.05, 3.63) is 22.9 Å². The minimum atomic E-state index is -0.356. The average Bonchev–Trinajstić information content (AvgIpc) is 2.92. The van der Waals surface area contributed by atoms with E-state index in [9.17, 15) is 9.59 Å². The van der Waals surface area contributed by atoms with Crippen LogP contribution in [0.1, 0.15) is 25.5 Å². The van der Waals surface area contributed by atoms with Gasteiger partial charge in [-0.05, 0) is 50.2 Å². The number of nitrogens with one attached hydrogen (secondary N) is 2. The summed E-state index contributed by atoms with van der Waals surface area (Å²) < 4.78 is 0. The lowest BCUT2D eigenvalue weighted by Crippen LogP contribution is -2.45. The maximum atomic E-state index is 11.8. The van der Waals surface area contributed by atoms with Crippen LogP contribution in [0.25, 0.3) is 5.57 Å². The second kappa shape index (κ2) is 6.67. The van der Waals surface area contributed by atoms with E-state index in [2.05, 4.69) is 25.5 Å². The molecule has 0 bridgehead atoms. The zero-order chi connectivity index (χ0) is 16.4. The van der Waals surface area contributed by atoms with Crippen LogP contribution in [0.4, 0.5) is 10.7 Å². The van der Waals surface area contributed by atoms with Crippen LogP contribution >= 0.6 is 11.8 Å². The lowest BCUT2D eigenvalue weighted by Gasteiger charge is -2.32. The molecule has 2 saturated heterocycles. The minimum Gasteiger partial charge on any atom is -0.339 e. The van der Waals surface area contributed by atoms with Gasteiger partial charge >= 0.3 is 0 Å². The number of carbonyl (C=O) groups excluding carboxylic acids is 2. The first-order valence-corrected chi connectivity index (χ1v) is 8.40. The highest BCUT2D eigenvalue weighted by atomic mass is 32.2. The molecule has 2 N–H and O–H groups in total. The first-order valence-electron chi connectivity index (χ1n) is 7.58. The standard InChI is InChI=1S/C15H19N5O2S/c1-9(12-13(21)19-15(22)23-12)11-5-6-17-14(18-11)20-7-3-4-10(8-20)16-2/h5-6,10,16H,3-4,7-8H2,1-2H3,(H,19,21,22)/b12-9-. The third-order valence-electron chi connectivity index (χ3n) is 4.10. The van der Waals surface area contributed by atoms with Crippen LogP contribution < -0.4 is 15.5 Å². The predicted molar refractivity (Wildman–Crippen MR) is 90.1 cm³/mol. The minimum absolute atomic E-state index is 0.341. The van der Waals surface area contributed by atoms with Gasteiger partial charge in [0, 0.05) is 25.3 Å². The molecular weight excluding hydrogens is 314 g/mol. The Morgan fingerprint density at radius 1 is 1.48 bits per heavy atom. The quantitative estimate of drug-likeness (QED) is 0.808. The van der Waals surface area contributed by atoms with Crippen molar-refractivity contribution in [1.29, 1.82) is 0 Å². The van der Waals surface area contributed by atoms with Gasteiger partial charge in [0.05, 0.1) is 10.6 Å². The average molecular weight is 333 g/mol. The molecule has 3 rings (SSSR count). The molecule has 1 aromatic rings. The Balaban J connectivity index is 1.87. The van der Waals surface area contributed by atoms with Gasteiger partial charge in [0.2, 0.25) is 5.95 Å². The van der Waals surface area contributed by atoms with E-state index in [1.807, 2.05) is 7.05 Å². The molecule has 0 saturated carbocycles. The number of hydrogen-bond donors (Lipinski definition) is 2. The van der Waals surface area contributed by atoms with E-state index in [-0.39, 0.29) is 11.1 Å². The summed E-state index contributed by atoms with van der Waals surface area (Å²) >= 11 is 0.918. The lowest BCUT2D eigenvalue weighted by atomic mass is 10.1. The fraction of sp³-hybridized carbons (Fsp3) is 0.467. The third kappa shape index (κ3) is 3.37. The summed E-state index contributed by atoms with van der Waals surface area (Å²) in [7, 11) is 1.97. The molecule has 2 fully saturated rings. The van der Waals surface area contributed by atoms with Gasteiger partial charge in [0.25, 0.3) is 11.1 Å². The Bertz CT molecular complexity index is 676. The first kappa shape index (κ1) is 15.9. The summed E-state index contributed by atoms with van der Waals surface area (Å²) in [5.74, 6) is 0.308. The van der Waals surface area contributed by atoms with Gasteiger partial charge in [0.1, 0.15) is 0 Å². The SMILES string of the molecule is CNC1CCCN(c2nccc(/C(C)=C3\SC(=O)NC3=O)n2)C1. The number of aromatic nitrogens is 2. The number of anilines is 1. The van der Waals surface area contributed by atoms with Gasteiger partial charge in [-0.1, -0.05) is 0 Å². The molecule has 2 aliphatic heterocycles. The zero-order valence-corrected chi connectivity index (χ0v) is 13.9. The Morgan fingerprint density at radius 3 is 3.00 bits per heavy atom. The van der Waals surface area contributed by atoms with Crippen LogP contribution in [0.5, 0.6) is 0 Å². The zero-order valence-electron chi connectivity index (χ0n) is 13.1. The number of likely N-dealkylation sites (N-methyl/N-ethyl adjacent to an activating group) is 1. The fourth-order valence-electron chi connectivity index (χ4n) is 2.78. The largest absolute Gasteiger partial charge is 0.339 e. The van der Waals surface area contributed by atoms with Crippen molar-refractivity contribution in [3.8, 4) is 0 Å². The highest BCUT2D eigenvalue weighted by Crippen LogP contribution is 2.31. The summed E-state index contributed by atoms with van der Waals surface area (Å²) in [4.78, 5) is 34.6. The first-order chi connectivity index (χ1) is 11.1. The van der Waals surface area contributed by atoms with E-state index >= 15 is 0 Å². The number of nitrogens with zero attached hydrogens (tertiary/aromatic N) is 3. The number of thioether (sulfide) groups is 1. The molecule has 0 aliphatic carbocycles. The number of rotatable bonds is 3. The van der Waals surface area contributed by atoms with E-state index in [0.29, 0.717) is 28.2 Å². The van der Waals surface area contributed by atoms with E-state index < -0.39 is 0 Å². The molecule has 1 atom stereocenters. The molecular formula is C15H19N5O2S. The van der Waals surface area contributed by atoms with Crippen molar-refractivity contribution < 1.29 is 9.59 Å². The summed E-state index contributed by atoms with van der Waals surface area (Å²) in [6.45, 7) is 3.59. The van der Waals surface area contributed by atoms with Gasteiger partial charge in [0.15, 0.2) is 0 Å². The number of carbonyl (C=O) groups is 2. The van der Waals surface area contributed by atoms with Crippen LogP contribution in [0, 0.1) is 0 Å². The molecule has 3 heterocycles. The maximum Gasteiger partial charge on any atom is 0.290 e. The summed E-state index contributed by atoms with van der Waals surface area (Å²) in [5.41, 5.74) is 1.37. The lowest BCUT2D eigenvalue weighted by molar-refractivity contribution is -0.115. The highest BCUT2D eigenvalue weighted by Gasteiger charge is 2.28. The molecule has 0 spiro atoms. The molecule has 2 aliphatic rings. The van der Waals surface area contributed by atoms with Crippen LogP contribution in [0.15, 0.2) is 17.2 Å². The van der Waals surface area contributed by atoms with Crippen molar-refractivity contribution in [2.24, 2.45) is 0 Å². The van der Waals surface area contributed by atoms with Crippen LogP contribution in [0.3, 0.4) is 0 Å². The Hall–Kier alpha value is -1.93. The van der Waals surface area contributed by atoms with Crippen LogP contribution in [0.2, 0.25) is 0 Å². The number of imide groups is 1. The maximum absolute atomic E-state index is 11.8. The van der Waals surface area contributed by atoms with Gasteiger partial charge in [-0.2, -0.15) is 0 Å². The molecule has 1 unspecified atom stereocenters. The summed E-state index contributed by atoms with van der Waals surface area (Å²) in [6, 6.07) is 2.20. The van der Waals surface area contributed by atoms with Crippen molar-refractivity contribution >= 4 is 34.4 Å². The van der Waals surface area contributed by atoms with Gasteiger partial charge < -0.3 is 10.2 Å².